The van der Waals surface area contributed by atoms with Crippen molar-refractivity contribution >= 4 is 27.3 Å². The van der Waals surface area contributed by atoms with E-state index in [1.165, 1.54) is 12.1 Å². The summed E-state index contributed by atoms with van der Waals surface area (Å²) in [6, 6.07) is 21.5. The molecule has 0 spiro atoms. The van der Waals surface area contributed by atoms with E-state index in [1.807, 2.05) is 13.0 Å². The molecule has 0 aromatic heterocycles. The summed E-state index contributed by atoms with van der Waals surface area (Å²) in [6.45, 7) is 2.36. The Bertz CT molecular complexity index is 1050. The number of nitrogens with one attached hydrogen (secondary N) is 2. The first-order valence-electron chi connectivity index (χ1n) is 8.71. The zero-order chi connectivity index (χ0) is 20.0. The van der Waals surface area contributed by atoms with Crippen LogP contribution in [-0.4, -0.2) is 20.9 Å². The standard InChI is InChI=1S/C21H20N2O4S/c1-2-27-20-11-7-6-10-19(20)22-21(24)16-12-14-17(15-13-16)23-28(25,26)18-8-4-3-5-9-18/h3-15,23H,2H2,1H3,(H,22,24). The summed E-state index contributed by atoms with van der Waals surface area (Å²) in [4.78, 5) is 12.7. The van der Waals surface area contributed by atoms with Crippen LogP contribution in [0, 0.1) is 0 Å². The molecule has 2 N–H and O–H groups in total. The number of benzene rings is 3. The Morgan fingerprint density at radius 1 is 0.893 bits per heavy atom. The van der Waals surface area contributed by atoms with E-state index in [2.05, 4.69) is 10.0 Å². The second-order valence-corrected chi connectivity index (χ2v) is 7.56. The molecule has 7 heteroatoms. The van der Waals surface area contributed by atoms with Crippen molar-refractivity contribution in [1.29, 1.82) is 0 Å². The SMILES string of the molecule is CCOc1ccccc1NC(=O)c1ccc(NS(=O)(=O)c2ccccc2)cc1. The van der Waals surface area contributed by atoms with E-state index in [4.69, 9.17) is 4.74 Å². The van der Waals surface area contributed by atoms with Crippen LogP contribution in [0.5, 0.6) is 5.75 Å². The van der Waals surface area contributed by atoms with Gasteiger partial charge in [-0.2, -0.15) is 0 Å². The fourth-order valence-corrected chi connectivity index (χ4v) is 3.63. The monoisotopic (exact) mass is 396 g/mol. The number of para-hydroxylation sites is 2. The lowest BCUT2D eigenvalue weighted by Crippen LogP contribution is -2.14. The molecule has 0 bridgehead atoms. The summed E-state index contributed by atoms with van der Waals surface area (Å²) in [5.41, 5.74) is 1.34. The number of amides is 1. The van der Waals surface area contributed by atoms with Crippen LogP contribution in [0.25, 0.3) is 0 Å². The molecular formula is C21H20N2O4S. The van der Waals surface area contributed by atoms with Gasteiger partial charge in [-0.15, -0.1) is 0 Å². The summed E-state index contributed by atoms with van der Waals surface area (Å²) < 4.78 is 32.7. The average Bonchev–Trinajstić information content (AvgIpc) is 2.70. The maximum Gasteiger partial charge on any atom is 0.261 e. The number of hydrogen-bond donors (Lipinski definition) is 2. The zero-order valence-corrected chi connectivity index (χ0v) is 16.1. The molecule has 0 fully saturated rings. The first-order valence-corrected chi connectivity index (χ1v) is 10.2. The van der Waals surface area contributed by atoms with Gasteiger partial charge in [-0.3, -0.25) is 9.52 Å². The predicted molar refractivity (Wildman–Crippen MR) is 109 cm³/mol. The maximum atomic E-state index is 12.5. The van der Waals surface area contributed by atoms with Crippen molar-refractivity contribution in [3.63, 3.8) is 0 Å². The molecule has 3 rings (SSSR count). The van der Waals surface area contributed by atoms with Gasteiger partial charge in [0.2, 0.25) is 0 Å². The molecule has 0 unspecified atom stereocenters. The van der Waals surface area contributed by atoms with Crippen LogP contribution >= 0.6 is 0 Å². The first kappa shape index (κ1) is 19.4. The number of anilines is 2. The summed E-state index contributed by atoms with van der Waals surface area (Å²) in [7, 11) is -3.67. The highest BCUT2D eigenvalue weighted by atomic mass is 32.2. The predicted octanol–water partition coefficient (Wildman–Crippen LogP) is 4.14. The number of ether oxygens (including phenoxy) is 1. The van der Waals surface area contributed by atoms with Gasteiger partial charge in [0.15, 0.2) is 0 Å². The lowest BCUT2D eigenvalue weighted by Gasteiger charge is -2.12. The van der Waals surface area contributed by atoms with E-state index >= 15 is 0 Å². The molecule has 0 heterocycles. The highest BCUT2D eigenvalue weighted by Gasteiger charge is 2.14. The lowest BCUT2D eigenvalue weighted by molar-refractivity contribution is 0.102. The second-order valence-electron chi connectivity index (χ2n) is 5.88. The Labute approximate surface area is 164 Å². The van der Waals surface area contributed by atoms with Gasteiger partial charge in [-0.05, 0) is 55.5 Å². The van der Waals surface area contributed by atoms with Crippen molar-refractivity contribution < 1.29 is 17.9 Å². The summed E-state index contributed by atoms with van der Waals surface area (Å²) >= 11 is 0. The largest absolute Gasteiger partial charge is 0.492 e. The molecular weight excluding hydrogens is 376 g/mol. The van der Waals surface area contributed by atoms with Crippen molar-refractivity contribution in [1.82, 2.24) is 0 Å². The smallest absolute Gasteiger partial charge is 0.261 e. The minimum absolute atomic E-state index is 0.171. The van der Waals surface area contributed by atoms with Gasteiger partial charge in [-0.25, -0.2) is 8.42 Å². The second kappa shape index (κ2) is 8.58. The van der Waals surface area contributed by atoms with Crippen molar-refractivity contribution in [3.05, 3.63) is 84.4 Å². The molecule has 3 aromatic carbocycles. The van der Waals surface area contributed by atoms with Crippen molar-refractivity contribution in [3.8, 4) is 5.75 Å². The van der Waals surface area contributed by atoms with Crippen LogP contribution in [0.3, 0.4) is 0 Å². The van der Waals surface area contributed by atoms with Gasteiger partial charge in [-0.1, -0.05) is 30.3 Å². The number of carbonyl (C=O) groups is 1. The van der Waals surface area contributed by atoms with Crippen molar-refractivity contribution in [2.75, 3.05) is 16.6 Å². The fourth-order valence-electron chi connectivity index (χ4n) is 2.55. The number of rotatable bonds is 7. The van der Waals surface area contributed by atoms with Crippen LogP contribution in [0.1, 0.15) is 17.3 Å². The summed E-state index contributed by atoms with van der Waals surface area (Å²) in [5, 5.41) is 2.80. The van der Waals surface area contributed by atoms with Crippen LogP contribution in [0.4, 0.5) is 11.4 Å². The molecule has 0 aliphatic heterocycles. The number of carbonyl (C=O) groups excluding carboxylic acids is 1. The van der Waals surface area contributed by atoms with E-state index in [0.29, 0.717) is 29.3 Å². The van der Waals surface area contributed by atoms with Crippen LogP contribution in [0.15, 0.2) is 83.8 Å². The number of sulfonamides is 1. The van der Waals surface area contributed by atoms with Crippen LogP contribution in [0.2, 0.25) is 0 Å². The van der Waals surface area contributed by atoms with E-state index in [1.54, 1.807) is 60.7 Å². The van der Waals surface area contributed by atoms with Crippen molar-refractivity contribution in [2.24, 2.45) is 0 Å². The third kappa shape index (κ3) is 4.69. The van der Waals surface area contributed by atoms with Crippen molar-refractivity contribution in [2.45, 2.75) is 11.8 Å². The molecule has 0 radical (unpaired) electrons. The van der Waals surface area contributed by atoms with Crippen LogP contribution < -0.4 is 14.8 Å². The molecule has 0 aliphatic rings. The normalized spacial score (nSPS) is 10.9. The highest BCUT2D eigenvalue weighted by Crippen LogP contribution is 2.24. The molecule has 3 aromatic rings. The Morgan fingerprint density at radius 2 is 1.54 bits per heavy atom. The quantitative estimate of drug-likeness (QED) is 0.629. The third-order valence-electron chi connectivity index (χ3n) is 3.89. The molecule has 0 saturated heterocycles. The Hall–Kier alpha value is -3.32. The molecule has 28 heavy (non-hydrogen) atoms. The summed E-state index contributed by atoms with van der Waals surface area (Å²) in [6.07, 6.45) is 0. The third-order valence-corrected chi connectivity index (χ3v) is 5.29. The topological polar surface area (TPSA) is 84.5 Å². The van der Waals surface area contributed by atoms with Gasteiger partial charge in [0.1, 0.15) is 5.75 Å². The summed E-state index contributed by atoms with van der Waals surface area (Å²) in [5.74, 6) is 0.273. The van der Waals surface area contributed by atoms with Crippen LogP contribution in [-0.2, 0) is 10.0 Å². The fraction of sp³-hybridized carbons (Fsp3) is 0.0952. The molecule has 0 aliphatic carbocycles. The minimum atomic E-state index is -3.67. The van der Waals surface area contributed by atoms with E-state index in [9.17, 15) is 13.2 Å². The molecule has 0 saturated carbocycles. The van der Waals surface area contributed by atoms with E-state index < -0.39 is 10.0 Å². The Kier molecular flexibility index (Phi) is 5.96. The van der Waals surface area contributed by atoms with Gasteiger partial charge in [0, 0.05) is 11.3 Å². The molecule has 0 atom stereocenters. The molecule has 144 valence electrons. The Morgan fingerprint density at radius 3 is 2.21 bits per heavy atom. The lowest BCUT2D eigenvalue weighted by atomic mass is 10.2. The molecule has 6 nitrogen and oxygen atoms in total. The Balaban J connectivity index is 1.72. The van der Waals surface area contributed by atoms with Gasteiger partial charge < -0.3 is 10.1 Å². The highest BCUT2D eigenvalue weighted by molar-refractivity contribution is 7.92. The van der Waals surface area contributed by atoms with Gasteiger partial charge in [0.25, 0.3) is 15.9 Å². The number of hydrogen-bond acceptors (Lipinski definition) is 4. The van der Waals surface area contributed by atoms with E-state index in [-0.39, 0.29) is 10.8 Å². The first-order chi connectivity index (χ1) is 13.5. The zero-order valence-electron chi connectivity index (χ0n) is 15.3. The minimum Gasteiger partial charge on any atom is -0.492 e. The molecule has 1 amide bonds. The van der Waals surface area contributed by atoms with Gasteiger partial charge in [0.05, 0.1) is 17.2 Å². The van der Waals surface area contributed by atoms with E-state index in [0.717, 1.165) is 0 Å². The maximum absolute atomic E-state index is 12.5. The van der Waals surface area contributed by atoms with Gasteiger partial charge >= 0.3 is 0 Å². The average molecular weight is 396 g/mol.